The van der Waals surface area contributed by atoms with Gasteiger partial charge in [0.05, 0.1) is 12.0 Å². The lowest BCUT2D eigenvalue weighted by Gasteiger charge is -2.15. The molecule has 1 unspecified atom stereocenters. The number of ether oxygens (including phenoxy) is 1. The monoisotopic (exact) mass is 431 g/mol. The van der Waals surface area contributed by atoms with Crippen LogP contribution in [0.25, 0.3) is 10.8 Å². The molecular formula is C21H18ClNO5S. The van der Waals surface area contributed by atoms with E-state index in [0.717, 1.165) is 12.5 Å². The van der Waals surface area contributed by atoms with Crippen molar-refractivity contribution in [1.29, 1.82) is 0 Å². The zero-order valence-electron chi connectivity index (χ0n) is 15.5. The number of halogens is 1. The molecule has 3 aromatic carbocycles. The summed E-state index contributed by atoms with van der Waals surface area (Å²) in [7, 11) is -3.02. The van der Waals surface area contributed by atoms with E-state index in [1.54, 1.807) is 42.5 Å². The van der Waals surface area contributed by atoms with Gasteiger partial charge >= 0.3 is 5.97 Å². The maximum absolute atomic E-state index is 12.7. The molecule has 1 atom stereocenters. The second-order valence-electron chi connectivity index (χ2n) is 6.39. The molecule has 0 aliphatic carbocycles. The van der Waals surface area contributed by atoms with Crippen LogP contribution in [0.5, 0.6) is 0 Å². The van der Waals surface area contributed by atoms with Gasteiger partial charge < -0.3 is 4.74 Å². The Labute approximate surface area is 173 Å². The topological polar surface area (TPSA) is 89.5 Å². The second-order valence-corrected chi connectivity index (χ2v) is 8.50. The SMILES string of the molecule is COC(=O)C(Cc1ccc(Cl)cc1)C(=O)NS(=O)(=O)c1ccc2ccccc2c1. The van der Waals surface area contributed by atoms with Crippen molar-refractivity contribution in [2.24, 2.45) is 5.92 Å². The van der Waals surface area contributed by atoms with E-state index in [-0.39, 0.29) is 11.3 Å². The summed E-state index contributed by atoms with van der Waals surface area (Å²) in [6.07, 6.45) is -0.0249. The number of hydrogen-bond acceptors (Lipinski definition) is 5. The molecule has 1 amide bonds. The molecule has 150 valence electrons. The van der Waals surface area contributed by atoms with Gasteiger partial charge in [-0.3, -0.25) is 9.59 Å². The molecule has 3 rings (SSSR count). The fourth-order valence-electron chi connectivity index (χ4n) is 2.88. The minimum Gasteiger partial charge on any atom is -0.468 e. The van der Waals surface area contributed by atoms with Crippen molar-refractivity contribution in [3.05, 3.63) is 77.3 Å². The normalized spacial score (nSPS) is 12.3. The summed E-state index contributed by atoms with van der Waals surface area (Å²) < 4.78 is 32.1. The van der Waals surface area contributed by atoms with Gasteiger partial charge in [-0.2, -0.15) is 0 Å². The minimum atomic E-state index is -4.17. The van der Waals surface area contributed by atoms with Crippen molar-refractivity contribution >= 4 is 44.3 Å². The number of sulfonamides is 1. The summed E-state index contributed by atoms with van der Waals surface area (Å²) in [5.41, 5.74) is 0.642. The summed E-state index contributed by atoms with van der Waals surface area (Å²) in [5.74, 6) is -3.11. The Morgan fingerprint density at radius 3 is 2.31 bits per heavy atom. The standard InChI is InChI=1S/C21H18ClNO5S/c1-28-21(25)19(12-14-6-9-17(22)10-7-14)20(24)23-29(26,27)18-11-8-15-4-2-3-5-16(15)13-18/h2-11,13,19H,12H2,1H3,(H,23,24). The van der Waals surface area contributed by atoms with Gasteiger partial charge in [0.25, 0.3) is 10.0 Å². The predicted octanol–water partition coefficient (Wildman–Crippen LogP) is 3.33. The molecule has 29 heavy (non-hydrogen) atoms. The number of carbonyl (C=O) groups is 2. The third-order valence-electron chi connectivity index (χ3n) is 4.42. The Bertz CT molecular complexity index is 1160. The van der Waals surface area contributed by atoms with Crippen molar-refractivity contribution in [3.63, 3.8) is 0 Å². The first-order valence-electron chi connectivity index (χ1n) is 8.68. The van der Waals surface area contributed by atoms with Gasteiger partial charge in [0.15, 0.2) is 0 Å². The van der Waals surface area contributed by atoms with Gasteiger partial charge in [-0.15, -0.1) is 0 Å². The Kier molecular flexibility index (Phi) is 6.20. The quantitative estimate of drug-likeness (QED) is 0.477. The van der Waals surface area contributed by atoms with Crippen molar-refractivity contribution in [2.75, 3.05) is 7.11 Å². The number of methoxy groups -OCH3 is 1. The highest BCUT2D eigenvalue weighted by Gasteiger charge is 2.31. The fraction of sp³-hybridized carbons (Fsp3) is 0.143. The summed E-state index contributed by atoms with van der Waals surface area (Å²) >= 11 is 5.85. The lowest BCUT2D eigenvalue weighted by atomic mass is 9.99. The zero-order valence-corrected chi connectivity index (χ0v) is 17.0. The largest absolute Gasteiger partial charge is 0.468 e. The Balaban J connectivity index is 1.84. The predicted molar refractivity (Wildman–Crippen MR) is 110 cm³/mol. The van der Waals surface area contributed by atoms with Crippen LogP contribution in [0.1, 0.15) is 5.56 Å². The first kappa shape index (κ1) is 20.8. The maximum atomic E-state index is 12.7. The highest BCUT2D eigenvalue weighted by molar-refractivity contribution is 7.90. The summed E-state index contributed by atoms with van der Waals surface area (Å²) in [5, 5.41) is 2.09. The summed E-state index contributed by atoms with van der Waals surface area (Å²) in [6.45, 7) is 0. The second kappa shape index (κ2) is 8.63. The smallest absolute Gasteiger partial charge is 0.318 e. The number of benzene rings is 3. The number of esters is 1. The third kappa shape index (κ3) is 4.93. The molecule has 0 fully saturated rings. The summed E-state index contributed by atoms with van der Waals surface area (Å²) in [6, 6.07) is 18.3. The van der Waals surface area contributed by atoms with E-state index in [4.69, 9.17) is 11.6 Å². The lowest BCUT2D eigenvalue weighted by Crippen LogP contribution is -2.40. The van der Waals surface area contributed by atoms with Crippen molar-refractivity contribution < 1.29 is 22.7 Å². The Hall–Kier alpha value is -2.90. The lowest BCUT2D eigenvalue weighted by molar-refractivity contribution is -0.149. The van der Waals surface area contributed by atoms with E-state index >= 15 is 0 Å². The molecule has 0 radical (unpaired) electrons. The van der Waals surface area contributed by atoms with E-state index in [9.17, 15) is 18.0 Å². The molecule has 8 heteroatoms. The van der Waals surface area contributed by atoms with Gasteiger partial charge in [0, 0.05) is 5.02 Å². The van der Waals surface area contributed by atoms with Crippen LogP contribution in [0.4, 0.5) is 0 Å². The van der Waals surface area contributed by atoms with Crippen molar-refractivity contribution in [2.45, 2.75) is 11.3 Å². The molecule has 0 saturated carbocycles. The van der Waals surface area contributed by atoms with Gasteiger partial charge in [0.1, 0.15) is 5.92 Å². The number of nitrogens with one attached hydrogen (secondary N) is 1. The fourth-order valence-corrected chi connectivity index (χ4v) is 4.06. The zero-order chi connectivity index (χ0) is 21.0. The number of amides is 1. The van der Waals surface area contributed by atoms with E-state index in [1.165, 1.54) is 12.1 Å². The molecule has 6 nitrogen and oxygen atoms in total. The van der Waals surface area contributed by atoms with Crippen molar-refractivity contribution in [1.82, 2.24) is 4.72 Å². The maximum Gasteiger partial charge on any atom is 0.318 e. The summed E-state index contributed by atoms with van der Waals surface area (Å²) in [4.78, 5) is 24.7. The number of fused-ring (bicyclic) bond motifs is 1. The van der Waals surface area contributed by atoms with Crippen molar-refractivity contribution in [3.8, 4) is 0 Å². The number of carbonyl (C=O) groups excluding carboxylic acids is 2. The Morgan fingerprint density at radius 2 is 1.66 bits per heavy atom. The van der Waals surface area contributed by atoms with Crippen LogP contribution >= 0.6 is 11.6 Å². The van der Waals surface area contributed by atoms with E-state index < -0.39 is 27.8 Å². The first-order valence-corrected chi connectivity index (χ1v) is 10.5. The third-order valence-corrected chi connectivity index (χ3v) is 6.02. The van der Waals surface area contributed by atoms with Crippen LogP contribution < -0.4 is 4.72 Å². The van der Waals surface area contributed by atoms with Crippen LogP contribution in [-0.2, 0) is 30.8 Å². The highest BCUT2D eigenvalue weighted by Crippen LogP contribution is 2.20. The molecule has 0 bridgehead atoms. The molecular weight excluding hydrogens is 414 g/mol. The van der Waals surface area contributed by atoms with Gasteiger partial charge in [-0.05, 0) is 47.0 Å². The molecule has 0 aliphatic rings. The first-order chi connectivity index (χ1) is 13.8. The molecule has 0 saturated heterocycles. The van der Waals surface area contributed by atoms with E-state index in [1.807, 2.05) is 16.9 Å². The van der Waals surface area contributed by atoms with Gasteiger partial charge in [0.2, 0.25) is 5.91 Å². The molecule has 3 aromatic rings. The average molecular weight is 432 g/mol. The highest BCUT2D eigenvalue weighted by atomic mass is 35.5. The molecule has 0 aliphatic heterocycles. The minimum absolute atomic E-state index is 0.0249. The van der Waals surface area contributed by atoms with Gasteiger partial charge in [-0.25, -0.2) is 13.1 Å². The van der Waals surface area contributed by atoms with Crippen LogP contribution in [0, 0.1) is 5.92 Å². The van der Waals surface area contributed by atoms with Crippen LogP contribution in [-0.4, -0.2) is 27.4 Å². The van der Waals surface area contributed by atoms with Crippen LogP contribution in [0.2, 0.25) is 5.02 Å². The molecule has 0 spiro atoms. The van der Waals surface area contributed by atoms with Crippen LogP contribution in [0.3, 0.4) is 0 Å². The molecule has 0 aromatic heterocycles. The van der Waals surface area contributed by atoms with Gasteiger partial charge in [-0.1, -0.05) is 54.1 Å². The average Bonchev–Trinajstić information content (AvgIpc) is 2.72. The Morgan fingerprint density at radius 1 is 1.00 bits per heavy atom. The molecule has 1 N–H and O–H groups in total. The molecule has 0 heterocycles. The van der Waals surface area contributed by atoms with E-state index in [0.29, 0.717) is 16.0 Å². The van der Waals surface area contributed by atoms with E-state index in [2.05, 4.69) is 4.74 Å². The number of rotatable bonds is 6. The van der Waals surface area contributed by atoms with Crippen LogP contribution in [0.15, 0.2) is 71.6 Å². The number of hydrogen-bond donors (Lipinski definition) is 1.